The molecule has 0 aromatic heterocycles. The Morgan fingerprint density at radius 3 is 2.09 bits per heavy atom. The van der Waals surface area contributed by atoms with Crippen LogP contribution in [0.2, 0.25) is 0 Å². The number of hydrogen-bond donors (Lipinski definition) is 2. The van der Waals surface area contributed by atoms with Gasteiger partial charge in [0.1, 0.15) is 0 Å². The molecule has 0 unspecified atom stereocenters. The first kappa shape index (κ1) is 10.1. The number of nitrogens with two attached hydrogens (primary N) is 1. The van der Waals surface area contributed by atoms with E-state index in [1.54, 1.807) is 13.8 Å². The van der Waals surface area contributed by atoms with E-state index < -0.39 is 12.1 Å². The van der Waals surface area contributed by atoms with Crippen molar-refractivity contribution < 1.29 is 14.7 Å². The molecule has 0 spiro atoms. The highest BCUT2D eigenvalue weighted by atomic mass is 32.2. The van der Waals surface area contributed by atoms with Crippen molar-refractivity contribution in [1.29, 1.82) is 0 Å². The van der Waals surface area contributed by atoms with Crippen molar-refractivity contribution in [3.63, 3.8) is 0 Å². The van der Waals surface area contributed by atoms with Crippen LogP contribution >= 0.6 is 11.9 Å². The van der Waals surface area contributed by atoms with E-state index in [-0.39, 0.29) is 5.25 Å². The predicted molar refractivity (Wildman–Crippen MR) is 42.2 cm³/mol. The number of primary amides is 1. The third kappa shape index (κ3) is 3.72. The molecule has 6 heteroatoms. The molecule has 3 N–H and O–H groups in total. The minimum Gasteiger partial charge on any atom is -0.464 e. The van der Waals surface area contributed by atoms with Crippen LogP contribution in [0, 0.1) is 0 Å². The maximum Gasteiger partial charge on any atom is 0.425 e. The monoisotopic (exact) mass is 178 g/mol. The molecule has 5 nitrogen and oxygen atoms in total. The molecule has 0 aromatic rings. The van der Waals surface area contributed by atoms with Crippen molar-refractivity contribution in [2.75, 3.05) is 0 Å². The fourth-order valence-corrected chi connectivity index (χ4v) is 1.02. The van der Waals surface area contributed by atoms with E-state index in [9.17, 15) is 9.59 Å². The number of imide groups is 1. The Labute approximate surface area is 68.7 Å². The Hall–Kier alpha value is -0.910. The van der Waals surface area contributed by atoms with Crippen molar-refractivity contribution in [2.24, 2.45) is 5.73 Å². The highest BCUT2D eigenvalue weighted by Gasteiger charge is 2.19. The Bertz CT molecular complexity index is 157. The molecule has 0 heterocycles. The number of hydrogen-bond acceptors (Lipinski definition) is 3. The molecule has 0 rings (SSSR count). The summed E-state index contributed by atoms with van der Waals surface area (Å²) in [4.78, 5) is 20.7. The average molecular weight is 178 g/mol. The number of nitrogens with zero attached hydrogens (tertiary/aromatic N) is 1. The lowest BCUT2D eigenvalue weighted by molar-refractivity contribution is 0.175. The molecule has 0 atom stereocenters. The van der Waals surface area contributed by atoms with Crippen molar-refractivity contribution in [3.8, 4) is 0 Å². The average Bonchev–Trinajstić information content (AvgIpc) is 1.81. The van der Waals surface area contributed by atoms with Gasteiger partial charge in [-0.3, -0.25) is 0 Å². The fraction of sp³-hybridized carbons (Fsp3) is 0.600. The van der Waals surface area contributed by atoms with E-state index in [0.717, 1.165) is 11.9 Å². The zero-order valence-electron chi connectivity index (χ0n) is 6.27. The van der Waals surface area contributed by atoms with Crippen LogP contribution in [0.15, 0.2) is 0 Å². The van der Waals surface area contributed by atoms with Gasteiger partial charge in [-0.2, -0.15) is 4.31 Å². The van der Waals surface area contributed by atoms with Gasteiger partial charge in [0.15, 0.2) is 0 Å². The Kier molecular flexibility index (Phi) is 3.73. The van der Waals surface area contributed by atoms with E-state index in [1.807, 2.05) is 0 Å². The maximum absolute atomic E-state index is 10.4. The summed E-state index contributed by atoms with van der Waals surface area (Å²) in [5.74, 6) is 0. The lowest BCUT2D eigenvalue weighted by Gasteiger charge is -2.14. The van der Waals surface area contributed by atoms with Crippen LogP contribution in [0.5, 0.6) is 0 Å². The third-order valence-corrected chi connectivity index (χ3v) is 1.66. The van der Waals surface area contributed by atoms with Crippen LogP contribution in [0.4, 0.5) is 9.59 Å². The molecular weight excluding hydrogens is 168 g/mol. The summed E-state index contributed by atoms with van der Waals surface area (Å²) in [5, 5.41) is 8.41. The minimum absolute atomic E-state index is 0.0126. The SMILES string of the molecule is CC(C)SN(C(N)=O)C(=O)O. The van der Waals surface area contributed by atoms with E-state index in [2.05, 4.69) is 0 Å². The predicted octanol–water partition coefficient (Wildman–Crippen LogP) is 1.10. The summed E-state index contributed by atoms with van der Waals surface area (Å²) in [5.41, 5.74) is 4.77. The smallest absolute Gasteiger partial charge is 0.425 e. The van der Waals surface area contributed by atoms with Crippen LogP contribution in [-0.2, 0) is 0 Å². The number of carboxylic acid groups (broad SMARTS) is 1. The van der Waals surface area contributed by atoms with Crippen molar-refractivity contribution in [3.05, 3.63) is 0 Å². The van der Waals surface area contributed by atoms with Gasteiger partial charge >= 0.3 is 12.1 Å². The highest BCUT2D eigenvalue weighted by Crippen LogP contribution is 2.15. The van der Waals surface area contributed by atoms with E-state index in [4.69, 9.17) is 10.8 Å². The summed E-state index contributed by atoms with van der Waals surface area (Å²) >= 11 is 0.875. The Balaban J connectivity index is 4.12. The maximum atomic E-state index is 10.4. The summed E-state index contributed by atoms with van der Waals surface area (Å²) in [6.07, 6.45) is -1.34. The van der Waals surface area contributed by atoms with Gasteiger partial charge in [0.2, 0.25) is 0 Å². The van der Waals surface area contributed by atoms with Gasteiger partial charge in [-0.15, -0.1) is 0 Å². The van der Waals surface area contributed by atoms with Gasteiger partial charge in [-0.25, -0.2) is 9.59 Å². The second kappa shape index (κ2) is 4.07. The number of carbonyl (C=O) groups excluding carboxylic acids is 1. The van der Waals surface area contributed by atoms with Crippen molar-refractivity contribution in [1.82, 2.24) is 4.31 Å². The molecule has 0 aromatic carbocycles. The first-order valence-electron chi connectivity index (χ1n) is 2.94. The van der Waals surface area contributed by atoms with Gasteiger partial charge in [-0.05, 0) is 11.9 Å². The van der Waals surface area contributed by atoms with E-state index in [0.29, 0.717) is 4.31 Å². The zero-order chi connectivity index (χ0) is 9.02. The third-order valence-electron chi connectivity index (χ3n) is 0.690. The van der Waals surface area contributed by atoms with Gasteiger partial charge in [0.05, 0.1) is 0 Å². The standard InChI is InChI=1S/C5H10N2O3S/c1-3(2)11-7(4(6)8)5(9)10/h3H,1-2H3,(H2,6,8)(H,9,10). The molecular formula is C5H10N2O3S. The lowest BCUT2D eigenvalue weighted by Crippen LogP contribution is -2.35. The van der Waals surface area contributed by atoms with Gasteiger partial charge in [-0.1, -0.05) is 13.8 Å². The fourth-order valence-electron chi connectivity index (χ4n) is 0.402. The number of carbonyl (C=O) groups is 2. The number of rotatable bonds is 2. The van der Waals surface area contributed by atoms with Crippen LogP contribution in [0.3, 0.4) is 0 Å². The Morgan fingerprint density at radius 1 is 1.55 bits per heavy atom. The molecule has 0 saturated heterocycles. The minimum atomic E-state index is -1.34. The molecule has 0 fully saturated rings. The topological polar surface area (TPSA) is 83.6 Å². The largest absolute Gasteiger partial charge is 0.464 e. The van der Waals surface area contributed by atoms with Crippen LogP contribution in [0.25, 0.3) is 0 Å². The second-order valence-electron chi connectivity index (χ2n) is 2.07. The van der Waals surface area contributed by atoms with Crippen LogP contribution in [-0.4, -0.2) is 26.8 Å². The van der Waals surface area contributed by atoms with Crippen molar-refractivity contribution >= 4 is 24.1 Å². The van der Waals surface area contributed by atoms with Gasteiger partial charge in [0, 0.05) is 5.25 Å². The first-order valence-corrected chi connectivity index (χ1v) is 3.78. The van der Waals surface area contributed by atoms with Crippen LogP contribution < -0.4 is 5.73 Å². The summed E-state index contributed by atoms with van der Waals surface area (Å²) < 4.78 is 0.505. The summed E-state index contributed by atoms with van der Waals surface area (Å²) in [7, 11) is 0. The van der Waals surface area contributed by atoms with E-state index >= 15 is 0 Å². The summed E-state index contributed by atoms with van der Waals surface area (Å²) in [6.45, 7) is 3.53. The molecule has 0 saturated carbocycles. The molecule has 3 amide bonds. The second-order valence-corrected chi connectivity index (χ2v) is 3.59. The van der Waals surface area contributed by atoms with Crippen molar-refractivity contribution in [2.45, 2.75) is 19.1 Å². The summed E-state index contributed by atoms with van der Waals surface area (Å²) in [6, 6.07) is -0.962. The molecule has 0 aliphatic carbocycles. The lowest BCUT2D eigenvalue weighted by atomic mass is 10.6. The molecule has 0 radical (unpaired) electrons. The van der Waals surface area contributed by atoms with Crippen LogP contribution in [0.1, 0.15) is 13.8 Å². The van der Waals surface area contributed by atoms with Gasteiger partial charge in [0.25, 0.3) is 0 Å². The molecule has 0 aliphatic heterocycles. The molecule has 0 bridgehead atoms. The molecule has 11 heavy (non-hydrogen) atoms. The Morgan fingerprint density at radius 2 is 2.00 bits per heavy atom. The molecule has 0 aliphatic rings. The zero-order valence-corrected chi connectivity index (χ0v) is 7.09. The quantitative estimate of drug-likeness (QED) is 0.620. The first-order chi connectivity index (χ1) is 4.95. The number of urea groups is 1. The molecule has 64 valence electrons. The normalized spacial score (nSPS) is 9.73. The van der Waals surface area contributed by atoms with E-state index in [1.165, 1.54) is 0 Å². The van der Waals surface area contributed by atoms with Gasteiger partial charge < -0.3 is 10.8 Å². The highest BCUT2D eigenvalue weighted by molar-refractivity contribution is 7.98. The number of amides is 3.